The predicted octanol–water partition coefficient (Wildman–Crippen LogP) is 0.998. The number of aliphatic carboxylic acids is 1. The maximum absolute atomic E-state index is 13.1. The molecule has 3 fully saturated rings. The minimum absolute atomic E-state index is 0.101. The minimum Gasteiger partial charge on any atom is -0.497 e. The first-order chi connectivity index (χ1) is 13.4. The van der Waals surface area contributed by atoms with Gasteiger partial charge in [0.2, 0.25) is 11.8 Å². The number of ether oxygens (including phenoxy) is 2. The van der Waals surface area contributed by atoms with Crippen molar-refractivity contribution in [1.29, 1.82) is 0 Å². The van der Waals surface area contributed by atoms with E-state index >= 15 is 0 Å². The summed E-state index contributed by atoms with van der Waals surface area (Å²) in [5.74, 6) is -1.06. The highest BCUT2D eigenvalue weighted by molar-refractivity contribution is 6.00. The van der Waals surface area contributed by atoms with E-state index in [1.807, 2.05) is 0 Å². The van der Waals surface area contributed by atoms with Gasteiger partial charge >= 0.3 is 5.97 Å². The number of methoxy groups -OCH3 is 1. The average molecular weight is 388 g/mol. The number of fused-ring (bicyclic) bond motifs is 1. The van der Waals surface area contributed by atoms with Gasteiger partial charge in [0.1, 0.15) is 5.75 Å². The number of nitrogens with zero attached hydrogens (tertiary/aromatic N) is 2. The summed E-state index contributed by atoms with van der Waals surface area (Å²) in [5, 5.41) is 9.77. The van der Waals surface area contributed by atoms with E-state index in [2.05, 4.69) is 0 Å². The van der Waals surface area contributed by atoms with E-state index in [-0.39, 0.29) is 30.7 Å². The van der Waals surface area contributed by atoms with E-state index in [1.165, 1.54) is 0 Å². The normalized spacial score (nSPS) is 29.7. The molecule has 8 heteroatoms. The van der Waals surface area contributed by atoms with Gasteiger partial charge in [-0.05, 0) is 30.7 Å². The highest BCUT2D eigenvalue weighted by Gasteiger charge is 2.55. The fourth-order valence-electron chi connectivity index (χ4n) is 4.61. The van der Waals surface area contributed by atoms with Crippen LogP contribution in [0.15, 0.2) is 24.3 Å². The molecular formula is C20H24N2O6. The van der Waals surface area contributed by atoms with Crippen molar-refractivity contribution in [1.82, 2.24) is 4.90 Å². The van der Waals surface area contributed by atoms with Crippen molar-refractivity contribution in [2.75, 3.05) is 44.9 Å². The van der Waals surface area contributed by atoms with Crippen LogP contribution in [0.4, 0.5) is 5.69 Å². The van der Waals surface area contributed by atoms with Crippen LogP contribution in [0.5, 0.6) is 5.75 Å². The Hall–Kier alpha value is -2.61. The van der Waals surface area contributed by atoms with Crippen LogP contribution < -0.4 is 9.64 Å². The van der Waals surface area contributed by atoms with Gasteiger partial charge in [0.15, 0.2) is 0 Å². The number of rotatable bonds is 4. The minimum atomic E-state index is -0.924. The summed E-state index contributed by atoms with van der Waals surface area (Å²) >= 11 is 0. The van der Waals surface area contributed by atoms with Crippen LogP contribution in [-0.2, 0) is 19.1 Å². The third kappa shape index (κ3) is 3.01. The third-order valence-electron chi connectivity index (χ3n) is 6.30. The Morgan fingerprint density at radius 1 is 1.25 bits per heavy atom. The molecule has 1 N–H and O–H groups in total. The lowest BCUT2D eigenvalue weighted by atomic mass is 9.74. The lowest BCUT2D eigenvalue weighted by molar-refractivity contribution is -0.157. The summed E-state index contributed by atoms with van der Waals surface area (Å²) in [7, 11) is 1.58. The van der Waals surface area contributed by atoms with Crippen molar-refractivity contribution in [3.63, 3.8) is 0 Å². The molecular weight excluding hydrogens is 364 g/mol. The maximum atomic E-state index is 13.1. The van der Waals surface area contributed by atoms with Crippen molar-refractivity contribution in [2.24, 2.45) is 17.3 Å². The highest BCUT2D eigenvalue weighted by atomic mass is 16.5. The Labute approximate surface area is 163 Å². The number of amides is 2. The zero-order chi connectivity index (χ0) is 19.9. The highest BCUT2D eigenvalue weighted by Crippen LogP contribution is 2.43. The fourth-order valence-corrected chi connectivity index (χ4v) is 4.61. The SMILES string of the molecule is COc1ccc(N2CC(C(=O)N3C[C@H]4COCC[C@@]4(C(=O)O)C3)CC2=O)cc1. The number of carbonyl (C=O) groups excluding carboxylic acids is 2. The molecule has 0 radical (unpaired) electrons. The number of carboxylic acid groups (broad SMARTS) is 1. The molecule has 0 bridgehead atoms. The van der Waals surface area contributed by atoms with Crippen LogP contribution in [0.1, 0.15) is 12.8 Å². The van der Waals surface area contributed by atoms with Gasteiger partial charge in [0.05, 0.1) is 25.0 Å². The van der Waals surface area contributed by atoms with Gasteiger partial charge in [-0.1, -0.05) is 0 Å². The first-order valence-electron chi connectivity index (χ1n) is 9.49. The van der Waals surface area contributed by atoms with Crippen molar-refractivity contribution in [3.8, 4) is 5.75 Å². The van der Waals surface area contributed by atoms with Crippen LogP contribution in [-0.4, -0.2) is 67.7 Å². The van der Waals surface area contributed by atoms with Crippen LogP contribution in [0, 0.1) is 17.3 Å². The van der Waals surface area contributed by atoms with Crippen molar-refractivity contribution >= 4 is 23.5 Å². The lowest BCUT2D eigenvalue weighted by Crippen LogP contribution is -2.45. The largest absolute Gasteiger partial charge is 0.497 e. The van der Waals surface area contributed by atoms with Gasteiger partial charge in [0.25, 0.3) is 0 Å². The molecule has 28 heavy (non-hydrogen) atoms. The Morgan fingerprint density at radius 3 is 2.64 bits per heavy atom. The molecule has 0 aliphatic carbocycles. The van der Waals surface area contributed by atoms with E-state index in [1.54, 1.807) is 41.2 Å². The molecule has 8 nitrogen and oxygen atoms in total. The first kappa shape index (κ1) is 18.7. The molecule has 4 rings (SSSR count). The van der Waals surface area contributed by atoms with E-state index in [9.17, 15) is 19.5 Å². The zero-order valence-electron chi connectivity index (χ0n) is 15.8. The molecule has 1 aromatic carbocycles. The predicted molar refractivity (Wildman–Crippen MR) is 99.0 cm³/mol. The van der Waals surface area contributed by atoms with Crippen LogP contribution >= 0.6 is 0 Å². The molecule has 3 atom stereocenters. The topological polar surface area (TPSA) is 96.4 Å². The second-order valence-corrected chi connectivity index (χ2v) is 7.81. The molecule has 0 spiro atoms. The van der Waals surface area contributed by atoms with Gasteiger partial charge < -0.3 is 24.4 Å². The number of anilines is 1. The molecule has 0 saturated carbocycles. The Kier molecular flexibility index (Phi) is 4.74. The summed E-state index contributed by atoms with van der Waals surface area (Å²) in [4.78, 5) is 40.7. The van der Waals surface area contributed by atoms with Gasteiger partial charge in [-0.2, -0.15) is 0 Å². The summed E-state index contributed by atoms with van der Waals surface area (Å²) in [5.41, 5.74) is -0.196. The van der Waals surface area contributed by atoms with Gasteiger partial charge in [0, 0.05) is 44.3 Å². The van der Waals surface area contributed by atoms with Crippen molar-refractivity contribution in [2.45, 2.75) is 12.8 Å². The molecule has 1 unspecified atom stereocenters. The molecule has 3 heterocycles. The Balaban J connectivity index is 1.47. The van der Waals surface area contributed by atoms with E-state index in [0.717, 1.165) is 5.69 Å². The summed E-state index contributed by atoms with van der Waals surface area (Å²) in [6.45, 7) is 1.64. The molecule has 1 aromatic rings. The van der Waals surface area contributed by atoms with Crippen molar-refractivity contribution < 1.29 is 29.0 Å². The van der Waals surface area contributed by atoms with Gasteiger partial charge in [-0.15, -0.1) is 0 Å². The first-order valence-corrected chi connectivity index (χ1v) is 9.49. The second-order valence-electron chi connectivity index (χ2n) is 7.81. The number of benzene rings is 1. The maximum Gasteiger partial charge on any atom is 0.311 e. The molecule has 2 amide bonds. The van der Waals surface area contributed by atoms with Crippen LogP contribution in [0.2, 0.25) is 0 Å². The number of carbonyl (C=O) groups is 3. The van der Waals surface area contributed by atoms with Gasteiger partial charge in [-0.25, -0.2) is 0 Å². The Morgan fingerprint density at radius 2 is 2.00 bits per heavy atom. The third-order valence-corrected chi connectivity index (χ3v) is 6.30. The second kappa shape index (κ2) is 7.09. The zero-order valence-corrected chi connectivity index (χ0v) is 15.8. The molecule has 150 valence electrons. The smallest absolute Gasteiger partial charge is 0.311 e. The summed E-state index contributed by atoms with van der Waals surface area (Å²) in [6.07, 6.45) is 0.556. The summed E-state index contributed by atoms with van der Waals surface area (Å²) < 4.78 is 10.6. The monoisotopic (exact) mass is 388 g/mol. The molecule has 3 saturated heterocycles. The number of hydrogen-bond acceptors (Lipinski definition) is 5. The van der Waals surface area contributed by atoms with E-state index in [4.69, 9.17) is 9.47 Å². The van der Waals surface area contributed by atoms with Crippen molar-refractivity contribution in [3.05, 3.63) is 24.3 Å². The summed E-state index contributed by atoms with van der Waals surface area (Å²) in [6, 6.07) is 7.15. The number of likely N-dealkylation sites (tertiary alicyclic amines) is 1. The van der Waals surface area contributed by atoms with Crippen LogP contribution in [0.3, 0.4) is 0 Å². The quantitative estimate of drug-likeness (QED) is 0.827. The van der Waals surface area contributed by atoms with E-state index in [0.29, 0.717) is 38.5 Å². The average Bonchev–Trinajstić information content (AvgIpc) is 3.29. The number of carboxylic acids is 1. The molecule has 3 aliphatic heterocycles. The lowest BCUT2D eigenvalue weighted by Gasteiger charge is -2.33. The van der Waals surface area contributed by atoms with Gasteiger partial charge in [-0.3, -0.25) is 14.4 Å². The van der Waals surface area contributed by atoms with Crippen LogP contribution in [0.25, 0.3) is 0 Å². The molecule has 0 aromatic heterocycles. The Bertz CT molecular complexity index is 794. The fraction of sp³-hybridized carbons (Fsp3) is 0.550. The molecule has 3 aliphatic rings. The van der Waals surface area contributed by atoms with E-state index < -0.39 is 17.3 Å². The standard InChI is InChI=1S/C20H24N2O6/c1-27-16-4-2-15(3-5-16)22-9-13(8-17(22)23)18(24)21-10-14-11-28-7-6-20(14,12-21)19(25)26/h2-5,13-14H,6-12H2,1H3,(H,25,26)/t13?,14-,20+/m0/s1. The number of hydrogen-bond donors (Lipinski definition) is 1.